The predicted molar refractivity (Wildman–Crippen MR) is 109 cm³/mol. The van der Waals surface area contributed by atoms with Crippen LogP contribution in [-0.2, 0) is 4.79 Å². The predicted octanol–water partition coefficient (Wildman–Crippen LogP) is 4.11. The Balaban J connectivity index is 1.87. The van der Waals surface area contributed by atoms with Crippen LogP contribution < -0.4 is 16.0 Å². The van der Waals surface area contributed by atoms with Crippen LogP contribution in [0.1, 0.15) is 36.2 Å². The number of nitrogens with one attached hydrogen (secondary N) is 3. The zero-order valence-electron chi connectivity index (χ0n) is 15.1. The monoisotopic (exact) mass is 369 g/mol. The summed E-state index contributed by atoms with van der Waals surface area (Å²) in [5.74, 6) is 0.0344. The molecule has 2 amide bonds. The number of aryl methyl sites for hydroxylation is 1. The van der Waals surface area contributed by atoms with E-state index in [2.05, 4.69) is 16.0 Å². The molecule has 0 fully saturated rings. The lowest BCUT2D eigenvalue weighted by atomic mass is 10.1. The second-order valence-electron chi connectivity index (χ2n) is 6.50. The number of carbonyl (C=O) groups excluding carboxylic acids is 2. The number of rotatable bonds is 5. The molecule has 0 spiro atoms. The Labute approximate surface area is 159 Å². The van der Waals surface area contributed by atoms with E-state index in [1.54, 1.807) is 36.4 Å². The summed E-state index contributed by atoms with van der Waals surface area (Å²) in [6, 6.07) is 14.4. The van der Waals surface area contributed by atoms with E-state index < -0.39 is 0 Å². The molecule has 0 unspecified atom stereocenters. The van der Waals surface area contributed by atoms with Gasteiger partial charge in [0.2, 0.25) is 5.91 Å². The molecule has 0 heterocycles. The summed E-state index contributed by atoms with van der Waals surface area (Å²) >= 11 is 5.18. The van der Waals surface area contributed by atoms with Crippen molar-refractivity contribution in [1.82, 2.24) is 5.32 Å². The van der Waals surface area contributed by atoms with Crippen molar-refractivity contribution >= 4 is 40.5 Å². The molecule has 0 aromatic heterocycles. The molecule has 0 saturated heterocycles. The van der Waals surface area contributed by atoms with Crippen LogP contribution in [0.4, 0.5) is 11.4 Å². The summed E-state index contributed by atoms with van der Waals surface area (Å²) < 4.78 is 0. The molecule has 5 nitrogen and oxygen atoms in total. The van der Waals surface area contributed by atoms with E-state index in [9.17, 15) is 9.59 Å². The quantitative estimate of drug-likeness (QED) is 0.694. The number of benzene rings is 2. The van der Waals surface area contributed by atoms with Gasteiger partial charge < -0.3 is 10.6 Å². The first-order valence-corrected chi connectivity index (χ1v) is 8.83. The smallest absolute Gasteiger partial charge is 0.257 e. The van der Waals surface area contributed by atoms with Gasteiger partial charge in [-0.05, 0) is 61.5 Å². The standard InChI is InChI=1S/C20H23N3O2S/c1-13(2)12-18(24)21-16-8-10-17(11-9-16)22-20(26)23-19(25)15-6-4-14(3)5-7-15/h4-11,13H,12H2,1-3H3,(H,21,24)(H2,22,23,25,26). The normalized spacial score (nSPS) is 10.3. The Morgan fingerprint density at radius 1 is 0.923 bits per heavy atom. The zero-order valence-corrected chi connectivity index (χ0v) is 15.9. The minimum absolute atomic E-state index is 0.0124. The van der Waals surface area contributed by atoms with Crippen LogP contribution in [0.3, 0.4) is 0 Å². The molecule has 26 heavy (non-hydrogen) atoms. The van der Waals surface area contributed by atoms with Gasteiger partial charge in [0.15, 0.2) is 5.11 Å². The molecule has 0 radical (unpaired) electrons. The molecule has 0 aliphatic rings. The molecule has 0 aliphatic carbocycles. The van der Waals surface area contributed by atoms with Gasteiger partial charge in [0.05, 0.1) is 0 Å². The van der Waals surface area contributed by atoms with Gasteiger partial charge in [-0.1, -0.05) is 31.5 Å². The van der Waals surface area contributed by atoms with Crippen LogP contribution in [0.5, 0.6) is 0 Å². The van der Waals surface area contributed by atoms with Crippen molar-refractivity contribution in [2.24, 2.45) is 5.92 Å². The van der Waals surface area contributed by atoms with E-state index in [1.165, 1.54) is 0 Å². The van der Waals surface area contributed by atoms with E-state index in [-0.39, 0.29) is 16.9 Å². The van der Waals surface area contributed by atoms with E-state index in [0.29, 0.717) is 17.9 Å². The first-order chi connectivity index (χ1) is 12.3. The summed E-state index contributed by atoms with van der Waals surface area (Å²) in [6.45, 7) is 5.96. The summed E-state index contributed by atoms with van der Waals surface area (Å²) in [7, 11) is 0. The minimum Gasteiger partial charge on any atom is -0.332 e. The van der Waals surface area contributed by atoms with Crippen LogP contribution in [0, 0.1) is 12.8 Å². The highest BCUT2D eigenvalue weighted by molar-refractivity contribution is 7.80. The topological polar surface area (TPSA) is 70.2 Å². The maximum Gasteiger partial charge on any atom is 0.257 e. The summed E-state index contributed by atoms with van der Waals surface area (Å²) in [4.78, 5) is 23.9. The lowest BCUT2D eigenvalue weighted by Gasteiger charge is -2.11. The maximum absolute atomic E-state index is 12.1. The highest BCUT2D eigenvalue weighted by atomic mass is 32.1. The van der Waals surface area contributed by atoms with Crippen LogP contribution in [0.15, 0.2) is 48.5 Å². The number of amides is 2. The van der Waals surface area contributed by atoms with E-state index in [0.717, 1.165) is 16.9 Å². The SMILES string of the molecule is Cc1ccc(C(=O)NC(=S)Nc2ccc(NC(=O)CC(C)C)cc2)cc1. The van der Waals surface area contributed by atoms with Gasteiger partial charge in [-0.15, -0.1) is 0 Å². The fourth-order valence-electron chi connectivity index (χ4n) is 2.26. The van der Waals surface area contributed by atoms with Gasteiger partial charge in [0.25, 0.3) is 5.91 Å². The Morgan fingerprint density at radius 3 is 2.00 bits per heavy atom. The van der Waals surface area contributed by atoms with E-state index in [4.69, 9.17) is 12.2 Å². The third-order valence-corrected chi connectivity index (χ3v) is 3.77. The Kier molecular flexibility index (Phi) is 6.86. The fraction of sp³-hybridized carbons (Fsp3) is 0.250. The summed E-state index contributed by atoms with van der Waals surface area (Å²) in [6.07, 6.45) is 0.481. The van der Waals surface area contributed by atoms with Crippen molar-refractivity contribution in [2.45, 2.75) is 27.2 Å². The van der Waals surface area contributed by atoms with Crippen molar-refractivity contribution in [3.05, 3.63) is 59.7 Å². The van der Waals surface area contributed by atoms with Crippen molar-refractivity contribution in [3.63, 3.8) is 0 Å². The molecule has 0 atom stereocenters. The Hall–Kier alpha value is -2.73. The third-order valence-electron chi connectivity index (χ3n) is 3.56. The van der Waals surface area contributed by atoms with E-state index in [1.807, 2.05) is 32.9 Å². The second-order valence-corrected chi connectivity index (χ2v) is 6.91. The van der Waals surface area contributed by atoms with Crippen molar-refractivity contribution in [1.29, 1.82) is 0 Å². The molecule has 3 N–H and O–H groups in total. The van der Waals surface area contributed by atoms with E-state index >= 15 is 0 Å². The highest BCUT2D eigenvalue weighted by Gasteiger charge is 2.08. The van der Waals surface area contributed by atoms with Gasteiger partial charge in [-0.2, -0.15) is 0 Å². The third kappa shape index (κ3) is 6.29. The average Bonchev–Trinajstić information content (AvgIpc) is 2.56. The molecule has 2 aromatic carbocycles. The number of carbonyl (C=O) groups is 2. The fourth-order valence-corrected chi connectivity index (χ4v) is 2.47. The van der Waals surface area contributed by atoms with Gasteiger partial charge in [0.1, 0.15) is 0 Å². The zero-order chi connectivity index (χ0) is 19.1. The summed E-state index contributed by atoms with van der Waals surface area (Å²) in [5.41, 5.74) is 3.07. The Morgan fingerprint density at radius 2 is 1.46 bits per heavy atom. The van der Waals surface area contributed by atoms with Crippen LogP contribution in [0.25, 0.3) is 0 Å². The van der Waals surface area contributed by atoms with Crippen LogP contribution in [0.2, 0.25) is 0 Å². The molecular formula is C20H23N3O2S. The number of hydrogen-bond acceptors (Lipinski definition) is 3. The molecular weight excluding hydrogens is 346 g/mol. The average molecular weight is 369 g/mol. The lowest BCUT2D eigenvalue weighted by molar-refractivity contribution is -0.116. The molecule has 2 aromatic rings. The minimum atomic E-state index is -0.264. The first-order valence-electron chi connectivity index (χ1n) is 8.42. The van der Waals surface area contributed by atoms with Crippen molar-refractivity contribution in [2.75, 3.05) is 10.6 Å². The lowest BCUT2D eigenvalue weighted by Crippen LogP contribution is -2.34. The second kappa shape index (κ2) is 9.10. The Bertz CT molecular complexity index is 784. The first kappa shape index (κ1) is 19.6. The molecule has 6 heteroatoms. The van der Waals surface area contributed by atoms with Gasteiger partial charge >= 0.3 is 0 Å². The molecule has 136 valence electrons. The maximum atomic E-state index is 12.1. The molecule has 2 rings (SSSR count). The van der Waals surface area contributed by atoms with Gasteiger partial charge in [-0.3, -0.25) is 14.9 Å². The van der Waals surface area contributed by atoms with Crippen molar-refractivity contribution in [3.8, 4) is 0 Å². The molecule has 0 bridgehead atoms. The van der Waals surface area contributed by atoms with Gasteiger partial charge in [0, 0.05) is 23.4 Å². The van der Waals surface area contributed by atoms with Crippen LogP contribution >= 0.6 is 12.2 Å². The number of thiocarbonyl (C=S) groups is 1. The van der Waals surface area contributed by atoms with Crippen LogP contribution in [-0.4, -0.2) is 16.9 Å². The number of hydrogen-bond donors (Lipinski definition) is 3. The molecule has 0 saturated carbocycles. The number of anilines is 2. The summed E-state index contributed by atoms with van der Waals surface area (Å²) in [5, 5.41) is 8.66. The van der Waals surface area contributed by atoms with Crippen molar-refractivity contribution < 1.29 is 9.59 Å². The van der Waals surface area contributed by atoms with Gasteiger partial charge in [-0.25, -0.2) is 0 Å². The molecule has 0 aliphatic heterocycles. The highest BCUT2D eigenvalue weighted by Crippen LogP contribution is 2.14. The largest absolute Gasteiger partial charge is 0.332 e.